The van der Waals surface area contributed by atoms with Crippen LogP contribution in [0.3, 0.4) is 0 Å². The molecule has 0 heterocycles. The second-order valence-electron chi connectivity index (χ2n) is 10.3. The fourth-order valence-corrected chi connectivity index (χ4v) is 7.43. The number of Topliss-reactive ketones (excluding diaryl/α,β-unsaturated/α-hetero) is 3. The number of hydrogen-bond acceptors (Lipinski definition) is 4. The van der Waals surface area contributed by atoms with E-state index < -0.39 is 5.97 Å². The molecule has 0 amide bonds. The Bertz CT molecular complexity index is 712. The Hall–Kier alpha value is -1.52. The maximum Gasteiger partial charge on any atom is 0.303 e. The van der Waals surface area contributed by atoms with Gasteiger partial charge in [-0.05, 0) is 60.7 Å². The minimum atomic E-state index is -0.787. The van der Waals surface area contributed by atoms with Crippen molar-refractivity contribution < 1.29 is 24.3 Å². The average molecular weight is 389 g/mol. The van der Waals surface area contributed by atoms with Gasteiger partial charge in [-0.3, -0.25) is 19.2 Å². The van der Waals surface area contributed by atoms with Crippen molar-refractivity contribution in [3.8, 4) is 0 Å². The SMILES string of the molecule is C[C@H](CCC(=O)O)[C@H]1CC[C@@H]2C1C(=O)C[C@H]1[C@H]2C(=O)C[C@@H]2CC(=O)CC[C@@]21C. The second-order valence-corrected chi connectivity index (χ2v) is 10.3. The number of carbonyl (C=O) groups is 4. The van der Waals surface area contributed by atoms with Gasteiger partial charge in [0.15, 0.2) is 0 Å². The molecule has 0 aromatic carbocycles. The van der Waals surface area contributed by atoms with E-state index in [2.05, 4.69) is 13.8 Å². The van der Waals surface area contributed by atoms with E-state index in [-0.39, 0.29) is 64.8 Å². The predicted octanol–water partition coefficient (Wildman–Crippen LogP) is 3.68. The third-order valence-corrected chi connectivity index (χ3v) is 9.00. The topological polar surface area (TPSA) is 88.5 Å². The molecule has 4 saturated carbocycles. The van der Waals surface area contributed by atoms with Gasteiger partial charge >= 0.3 is 5.97 Å². The van der Waals surface area contributed by atoms with Crippen LogP contribution in [-0.2, 0) is 19.2 Å². The fourth-order valence-electron chi connectivity index (χ4n) is 7.43. The van der Waals surface area contributed by atoms with Crippen LogP contribution >= 0.6 is 0 Å². The van der Waals surface area contributed by atoms with Gasteiger partial charge in [0.1, 0.15) is 17.3 Å². The number of hydrogen-bond donors (Lipinski definition) is 1. The van der Waals surface area contributed by atoms with Crippen LogP contribution in [0.2, 0.25) is 0 Å². The van der Waals surface area contributed by atoms with Crippen molar-refractivity contribution in [2.24, 2.45) is 46.8 Å². The molecule has 8 atom stereocenters. The molecule has 4 aliphatic rings. The lowest BCUT2D eigenvalue weighted by Gasteiger charge is -2.56. The van der Waals surface area contributed by atoms with Crippen LogP contribution in [0.25, 0.3) is 0 Å². The van der Waals surface area contributed by atoms with E-state index in [1.54, 1.807) is 0 Å². The molecule has 5 nitrogen and oxygen atoms in total. The molecule has 1 unspecified atom stereocenters. The highest BCUT2D eigenvalue weighted by Gasteiger charge is 2.61. The van der Waals surface area contributed by atoms with Gasteiger partial charge in [-0.1, -0.05) is 13.8 Å². The molecule has 0 aromatic heterocycles. The smallest absolute Gasteiger partial charge is 0.303 e. The minimum Gasteiger partial charge on any atom is -0.481 e. The van der Waals surface area contributed by atoms with E-state index in [4.69, 9.17) is 5.11 Å². The van der Waals surface area contributed by atoms with Crippen molar-refractivity contribution in [1.82, 2.24) is 0 Å². The maximum atomic E-state index is 13.3. The molecule has 154 valence electrons. The highest BCUT2D eigenvalue weighted by atomic mass is 16.4. The van der Waals surface area contributed by atoms with Crippen molar-refractivity contribution in [2.45, 2.75) is 71.6 Å². The average Bonchev–Trinajstić information content (AvgIpc) is 3.07. The number of carbonyl (C=O) groups excluding carboxylic acids is 3. The monoisotopic (exact) mass is 388 g/mol. The Morgan fingerprint density at radius 2 is 1.82 bits per heavy atom. The Kier molecular flexibility index (Phi) is 4.99. The number of fused-ring (bicyclic) bond motifs is 5. The minimum absolute atomic E-state index is 0.0335. The lowest BCUT2D eigenvalue weighted by atomic mass is 9.46. The number of rotatable bonds is 4. The molecule has 0 aliphatic heterocycles. The summed E-state index contributed by atoms with van der Waals surface area (Å²) in [6.45, 7) is 4.30. The summed E-state index contributed by atoms with van der Waals surface area (Å²) >= 11 is 0. The normalized spacial score (nSPS) is 43.9. The van der Waals surface area contributed by atoms with Crippen LogP contribution in [-0.4, -0.2) is 28.4 Å². The van der Waals surface area contributed by atoms with Gasteiger partial charge < -0.3 is 5.11 Å². The molecule has 28 heavy (non-hydrogen) atoms. The van der Waals surface area contributed by atoms with E-state index in [1.165, 1.54) is 0 Å². The Morgan fingerprint density at radius 3 is 2.54 bits per heavy atom. The van der Waals surface area contributed by atoms with E-state index in [9.17, 15) is 19.2 Å². The number of ketones is 3. The van der Waals surface area contributed by atoms with Crippen LogP contribution in [0.4, 0.5) is 0 Å². The zero-order valence-corrected chi connectivity index (χ0v) is 17.0. The third-order valence-electron chi connectivity index (χ3n) is 9.00. The Labute approximate surface area is 166 Å². The van der Waals surface area contributed by atoms with Gasteiger partial charge in [-0.25, -0.2) is 0 Å². The molecule has 0 bridgehead atoms. The largest absolute Gasteiger partial charge is 0.481 e. The molecule has 0 spiro atoms. The van der Waals surface area contributed by atoms with Crippen molar-refractivity contribution in [1.29, 1.82) is 0 Å². The summed E-state index contributed by atoms with van der Waals surface area (Å²) in [5.74, 6) is 0.689. The van der Waals surface area contributed by atoms with E-state index in [0.29, 0.717) is 37.9 Å². The van der Waals surface area contributed by atoms with Gasteiger partial charge in [0, 0.05) is 43.9 Å². The zero-order valence-electron chi connectivity index (χ0n) is 17.0. The summed E-state index contributed by atoms with van der Waals surface area (Å²) in [7, 11) is 0. The highest BCUT2D eigenvalue weighted by molar-refractivity contribution is 5.91. The quantitative estimate of drug-likeness (QED) is 0.793. The summed E-state index contributed by atoms with van der Waals surface area (Å²) < 4.78 is 0. The third kappa shape index (κ3) is 3.05. The molecule has 1 N–H and O–H groups in total. The van der Waals surface area contributed by atoms with Crippen molar-refractivity contribution in [3.63, 3.8) is 0 Å². The van der Waals surface area contributed by atoms with Gasteiger partial charge in [0.2, 0.25) is 0 Å². The zero-order chi connectivity index (χ0) is 20.2. The maximum absolute atomic E-state index is 13.3. The first kappa shape index (κ1) is 19.8. The van der Waals surface area contributed by atoms with E-state index >= 15 is 0 Å². The van der Waals surface area contributed by atoms with Crippen LogP contribution < -0.4 is 0 Å². The fraction of sp³-hybridized carbons (Fsp3) is 0.826. The highest BCUT2D eigenvalue weighted by Crippen LogP contribution is 2.62. The van der Waals surface area contributed by atoms with E-state index in [1.807, 2.05) is 0 Å². The van der Waals surface area contributed by atoms with Crippen LogP contribution in [0.5, 0.6) is 0 Å². The Morgan fingerprint density at radius 1 is 1.11 bits per heavy atom. The van der Waals surface area contributed by atoms with Gasteiger partial charge in [-0.15, -0.1) is 0 Å². The van der Waals surface area contributed by atoms with Gasteiger partial charge in [0.05, 0.1) is 0 Å². The lowest BCUT2D eigenvalue weighted by molar-refractivity contribution is -0.158. The van der Waals surface area contributed by atoms with Crippen molar-refractivity contribution in [2.75, 3.05) is 0 Å². The first-order chi connectivity index (χ1) is 13.2. The molecule has 0 radical (unpaired) electrons. The summed E-state index contributed by atoms with van der Waals surface area (Å²) in [6.07, 6.45) is 5.45. The van der Waals surface area contributed by atoms with E-state index in [0.717, 1.165) is 19.3 Å². The standard InChI is InChI=1S/C23H32O5/c1-12(3-6-20(27)28)15-4-5-16-21(15)19(26)11-17-22(16)18(25)10-13-9-14(24)7-8-23(13,17)2/h12-13,15-17,21-22H,3-11H2,1-2H3,(H,27,28)/t12-,13+,15-,16-,17+,21?,22+,23+/m1/s1. The summed E-state index contributed by atoms with van der Waals surface area (Å²) in [5, 5.41) is 9.00. The number of carboxylic acid groups (broad SMARTS) is 1. The second kappa shape index (κ2) is 7.07. The van der Waals surface area contributed by atoms with Gasteiger partial charge in [-0.2, -0.15) is 0 Å². The molecule has 4 fully saturated rings. The molecular formula is C23H32O5. The number of carboxylic acids is 1. The van der Waals surface area contributed by atoms with Crippen LogP contribution in [0.1, 0.15) is 71.6 Å². The van der Waals surface area contributed by atoms with Crippen molar-refractivity contribution in [3.05, 3.63) is 0 Å². The summed E-state index contributed by atoms with van der Waals surface area (Å²) in [4.78, 5) is 49.4. The molecule has 5 heteroatoms. The number of aliphatic carboxylic acids is 1. The molecule has 4 rings (SSSR count). The first-order valence-corrected chi connectivity index (χ1v) is 11.0. The predicted molar refractivity (Wildman–Crippen MR) is 102 cm³/mol. The van der Waals surface area contributed by atoms with Crippen molar-refractivity contribution >= 4 is 23.3 Å². The first-order valence-electron chi connectivity index (χ1n) is 11.0. The molecule has 0 saturated heterocycles. The van der Waals surface area contributed by atoms with Crippen LogP contribution in [0.15, 0.2) is 0 Å². The summed E-state index contributed by atoms with van der Waals surface area (Å²) in [5.41, 5.74) is -0.0693. The summed E-state index contributed by atoms with van der Waals surface area (Å²) in [6, 6.07) is 0. The van der Waals surface area contributed by atoms with Crippen LogP contribution in [0, 0.1) is 46.8 Å². The molecular weight excluding hydrogens is 356 g/mol. The lowest BCUT2D eigenvalue weighted by Crippen LogP contribution is -2.57. The van der Waals surface area contributed by atoms with Gasteiger partial charge in [0.25, 0.3) is 0 Å². The molecule has 0 aromatic rings. The molecule has 4 aliphatic carbocycles. The Balaban J connectivity index is 1.58.